The molecule has 18 heavy (non-hydrogen) atoms. The van der Waals surface area contributed by atoms with Gasteiger partial charge in [-0.2, -0.15) is 5.10 Å². The van der Waals surface area contributed by atoms with Crippen LogP contribution in [0, 0.1) is 5.92 Å². The largest absolute Gasteiger partial charge is 0.314 e. The van der Waals surface area contributed by atoms with Crippen LogP contribution in [0.5, 0.6) is 0 Å². The molecule has 1 aliphatic heterocycles. The maximum Gasteiger partial charge on any atom is 0.0764 e. The molecule has 1 aliphatic rings. The molecule has 2 unspecified atom stereocenters. The summed E-state index contributed by atoms with van der Waals surface area (Å²) in [6, 6.07) is 2.75. The second kappa shape index (κ2) is 6.34. The summed E-state index contributed by atoms with van der Waals surface area (Å²) in [5.41, 5.74) is 1.19. The minimum Gasteiger partial charge on any atom is -0.314 e. The van der Waals surface area contributed by atoms with Gasteiger partial charge in [-0.25, -0.2) is 0 Å². The Hall–Kier alpha value is -0.870. The Labute approximate surface area is 110 Å². The summed E-state index contributed by atoms with van der Waals surface area (Å²) >= 11 is 0. The van der Waals surface area contributed by atoms with Crippen molar-refractivity contribution in [1.29, 1.82) is 0 Å². The van der Waals surface area contributed by atoms with Crippen molar-refractivity contribution in [3.8, 4) is 0 Å². The van der Waals surface area contributed by atoms with Crippen LogP contribution in [0.15, 0.2) is 12.3 Å². The number of rotatable bonds is 5. The van der Waals surface area contributed by atoms with Crippen LogP contribution in [0.2, 0.25) is 0 Å². The first-order valence-electron chi connectivity index (χ1n) is 7.13. The van der Waals surface area contributed by atoms with Gasteiger partial charge in [0.15, 0.2) is 0 Å². The zero-order valence-electron chi connectivity index (χ0n) is 11.9. The molecular weight excluding hydrogens is 224 g/mol. The van der Waals surface area contributed by atoms with Crippen LogP contribution in [-0.4, -0.2) is 40.4 Å². The van der Waals surface area contributed by atoms with Crippen molar-refractivity contribution in [1.82, 2.24) is 20.0 Å². The lowest BCUT2D eigenvalue weighted by Gasteiger charge is -2.35. The predicted octanol–water partition coefficient (Wildman–Crippen LogP) is 1.63. The number of nitrogens with one attached hydrogen (secondary N) is 1. The normalized spacial score (nSPS) is 23.2. The number of likely N-dealkylation sites (tertiary alicyclic amines) is 1. The van der Waals surface area contributed by atoms with Gasteiger partial charge in [0.25, 0.3) is 0 Å². The summed E-state index contributed by atoms with van der Waals surface area (Å²) in [5, 5.41) is 8.03. The molecule has 2 rings (SSSR count). The highest BCUT2D eigenvalue weighted by atomic mass is 15.3. The van der Waals surface area contributed by atoms with E-state index in [1.54, 1.807) is 0 Å². The summed E-state index contributed by atoms with van der Waals surface area (Å²) < 4.78 is 1.89. The SMILES string of the molecule is CCNC(C)C1CCCN(Cc2ccn(C)n2)C1. The number of aryl methyl sites for hydroxylation is 1. The van der Waals surface area contributed by atoms with Crippen LogP contribution in [0.3, 0.4) is 0 Å². The molecular formula is C14H26N4. The second-order valence-corrected chi connectivity index (χ2v) is 5.46. The Morgan fingerprint density at radius 1 is 1.56 bits per heavy atom. The molecule has 102 valence electrons. The average molecular weight is 250 g/mol. The van der Waals surface area contributed by atoms with Crippen LogP contribution in [0.4, 0.5) is 0 Å². The number of hydrogen-bond donors (Lipinski definition) is 1. The lowest BCUT2D eigenvalue weighted by atomic mass is 9.91. The molecule has 1 fully saturated rings. The first-order valence-corrected chi connectivity index (χ1v) is 7.13. The van der Waals surface area contributed by atoms with Crippen LogP contribution in [-0.2, 0) is 13.6 Å². The molecule has 0 spiro atoms. The third-order valence-corrected chi connectivity index (χ3v) is 3.93. The van der Waals surface area contributed by atoms with E-state index >= 15 is 0 Å². The van der Waals surface area contributed by atoms with E-state index < -0.39 is 0 Å². The van der Waals surface area contributed by atoms with Gasteiger partial charge in [0, 0.05) is 32.4 Å². The zero-order valence-corrected chi connectivity index (χ0v) is 11.9. The molecule has 1 saturated heterocycles. The highest BCUT2D eigenvalue weighted by molar-refractivity contribution is 4.99. The van der Waals surface area contributed by atoms with Gasteiger partial charge in [0.2, 0.25) is 0 Å². The Balaban J connectivity index is 1.86. The Kier molecular flexibility index (Phi) is 4.78. The summed E-state index contributed by atoms with van der Waals surface area (Å²) in [7, 11) is 1.98. The van der Waals surface area contributed by atoms with Gasteiger partial charge in [-0.3, -0.25) is 9.58 Å². The molecule has 4 heteroatoms. The molecule has 1 aromatic rings. The van der Waals surface area contributed by atoms with E-state index in [0.29, 0.717) is 6.04 Å². The standard InChI is InChI=1S/C14H26N4/c1-4-15-12(2)13-6-5-8-18(10-13)11-14-7-9-17(3)16-14/h7,9,12-13,15H,4-6,8,10-11H2,1-3H3. The predicted molar refractivity (Wildman–Crippen MR) is 74.3 cm³/mol. The highest BCUT2D eigenvalue weighted by Crippen LogP contribution is 2.20. The van der Waals surface area contributed by atoms with E-state index in [-0.39, 0.29) is 0 Å². The summed E-state index contributed by atoms with van der Waals surface area (Å²) in [6.45, 7) is 8.98. The fourth-order valence-corrected chi connectivity index (χ4v) is 2.91. The molecule has 2 atom stereocenters. The van der Waals surface area contributed by atoms with Crippen molar-refractivity contribution < 1.29 is 0 Å². The summed E-state index contributed by atoms with van der Waals surface area (Å²) in [5.74, 6) is 0.780. The molecule has 4 nitrogen and oxygen atoms in total. The molecule has 1 aromatic heterocycles. The van der Waals surface area contributed by atoms with Gasteiger partial charge in [-0.1, -0.05) is 6.92 Å². The quantitative estimate of drug-likeness (QED) is 0.862. The number of hydrogen-bond acceptors (Lipinski definition) is 3. The molecule has 1 N–H and O–H groups in total. The van der Waals surface area contributed by atoms with E-state index in [0.717, 1.165) is 19.0 Å². The second-order valence-electron chi connectivity index (χ2n) is 5.46. The Morgan fingerprint density at radius 3 is 3.06 bits per heavy atom. The highest BCUT2D eigenvalue weighted by Gasteiger charge is 2.24. The fraction of sp³-hybridized carbons (Fsp3) is 0.786. The Morgan fingerprint density at radius 2 is 2.39 bits per heavy atom. The van der Waals surface area contributed by atoms with Crippen LogP contribution in [0.25, 0.3) is 0 Å². The molecule has 0 aliphatic carbocycles. The first-order chi connectivity index (χ1) is 8.69. The minimum absolute atomic E-state index is 0.626. The van der Waals surface area contributed by atoms with Crippen molar-refractivity contribution in [3.05, 3.63) is 18.0 Å². The lowest BCUT2D eigenvalue weighted by Crippen LogP contribution is -2.44. The maximum atomic E-state index is 4.47. The van der Waals surface area contributed by atoms with Crippen molar-refractivity contribution in [2.24, 2.45) is 13.0 Å². The molecule has 2 heterocycles. The van der Waals surface area contributed by atoms with Crippen LogP contribution >= 0.6 is 0 Å². The molecule has 0 aromatic carbocycles. The maximum absolute atomic E-state index is 4.47. The third-order valence-electron chi connectivity index (χ3n) is 3.93. The molecule has 0 bridgehead atoms. The monoisotopic (exact) mass is 250 g/mol. The smallest absolute Gasteiger partial charge is 0.0764 e. The lowest BCUT2D eigenvalue weighted by molar-refractivity contribution is 0.143. The van der Waals surface area contributed by atoms with Gasteiger partial charge >= 0.3 is 0 Å². The third kappa shape index (κ3) is 3.56. The number of aromatic nitrogens is 2. The van der Waals surface area contributed by atoms with E-state index in [4.69, 9.17) is 0 Å². The fourth-order valence-electron chi connectivity index (χ4n) is 2.91. The van der Waals surface area contributed by atoms with Crippen LogP contribution < -0.4 is 5.32 Å². The Bertz CT molecular complexity index is 360. The van der Waals surface area contributed by atoms with Gasteiger partial charge in [-0.05, 0) is 44.8 Å². The van der Waals surface area contributed by atoms with Crippen molar-refractivity contribution in [3.63, 3.8) is 0 Å². The van der Waals surface area contributed by atoms with Gasteiger partial charge < -0.3 is 5.32 Å². The zero-order chi connectivity index (χ0) is 13.0. The first kappa shape index (κ1) is 13.6. The van der Waals surface area contributed by atoms with E-state index in [1.807, 2.05) is 17.9 Å². The topological polar surface area (TPSA) is 33.1 Å². The van der Waals surface area contributed by atoms with E-state index in [9.17, 15) is 0 Å². The van der Waals surface area contributed by atoms with Gasteiger partial charge in [-0.15, -0.1) is 0 Å². The van der Waals surface area contributed by atoms with Crippen LogP contribution in [0.1, 0.15) is 32.4 Å². The van der Waals surface area contributed by atoms with Crippen molar-refractivity contribution in [2.45, 2.75) is 39.3 Å². The van der Waals surface area contributed by atoms with Gasteiger partial charge in [0.1, 0.15) is 0 Å². The van der Waals surface area contributed by atoms with E-state index in [2.05, 4.69) is 35.2 Å². The number of nitrogens with zero attached hydrogens (tertiary/aromatic N) is 3. The van der Waals surface area contributed by atoms with Crippen molar-refractivity contribution in [2.75, 3.05) is 19.6 Å². The van der Waals surface area contributed by atoms with E-state index in [1.165, 1.54) is 31.6 Å². The van der Waals surface area contributed by atoms with Crippen molar-refractivity contribution >= 4 is 0 Å². The average Bonchev–Trinajstić information content (AvgIpc) is 2.75. The molecule has 0 radical (unpaired) electrons. The summed E-state index contributed by atoms with van der Waals surface area (Å²) in [6.07, 6.45) is 4.69. The molecule has 0 amide bonds. The minimum atomic E-state index is 0.626. The van der Waals surface area contributed by atoms with Gasteiger partial charge in [0.05, 0.1) is 5.69 Å². The molecule has 0 saturated carbocycles. The summed E-state index contributed by atoms with van der Waals surface area (Å²) in [4.78, 5) is 2.55. The number of piperidine rings is 1.